The van der Waals surface area contributed by atoms with E-state index >= 15 is 0 Å². The lowest BCUT2D eigenvalue weighted by Gasteiger charge is -2.20. The monoisotopic (exact) mass is 310 g/mol. The van der Waals surface area contributed by atoms with Crippen LogP contribution in [0.4, 0.5) is 0 Å². The normalized spacial score (nSPS) is 15.5. The van der Waals surface area contributed by atoms with Crippen LogP contribution in [0.2, 0.25) is 0 Å². The van der Waals surface area contributed by atoms with Crippen molar-refractivity contribution in [3.8, 4) is 0 Å². The van der Waals surface area contributed by atoms with Gasteiger partial charge in [-0.15, -0.1) is 0 Å². The van der Waals surface area contributed by atoms with Gasteiger partial charge in [0.15, 0.2) is 5.76 Å². The SMILES string of the molecule is CCCCCCCCOC1=C(C)C(=O)C(OC)=C(OC)C1=O. The minimum Gasteiger partial charge on any atom is -0.489 e. The second-order valence-corrected chi connectivity index (χ2v) is 5.30. The summed E-state index contributed by atoms with van der Waals surface area (Å²) >= 11 is 0. The Bertz CT molecular complexity index is 473. The van der Waals surface area contributed by atoms with E-state index in [-0.39, 0.29) is 28.6 Å². The van der Waals surface area contributed by atoms with E-state index in [0.717, 1.165) is 12.8 Å². The van der Waals surface area contributed by atoms with E-state index in [0.29, 0.717) is 6.61 Å². The average molecular weight is 310 g/mol. The van der Waals surface area contributed by atoms with Crippen LogP contribution in [0.1, 0.15) is 52.4 Å². The summed E-state index contributed by atoms with van der Waals surface area (Å²) in [6, 6.07) is 0. The summed E-state index contributed by atoms with van der Waals surface area (Å²) in [4.78, 5) is 24.4. The molecule has 0 spiro atoms. The second kappa shape index (κ2) is 9.28. The van der Waals surface area contributed by atoms with E-state index in [1.807, 2.05) is 0 Å². The van der Waals surface area contributed by atoms with E-state index in [4.69, 9.17) is 14.2 Å². The van der Waals surface area contributed by atoms with Crippen LogP contribution < -0.4 is 0 Å². The molecule has 0 atom stereocenters. The molecule has 124 valence electrons. The molecule has 0 aliphatic heterocycles. The maximum absolute atomic E-state index is 12.3. The fourth-order valence-electron chi connectivity index (χ4n) is 2.35. The molecule has 0 aromatic rings. The molecule has 0 N–H and O–H groups in total. The first kappa shape index (κ1) is 18.3. The van der Waals surface area contributed by atoms with E-state index in [1.165, 1.54) is 39.9 Å². The molecule has 0 fully saturated rings. The number of hydrogen-bond donors (Lipinski definition) is 0. The van der Waals surface area contributed by atoms with Gasteiger partial charge in [-0.05, 0) is 13.3 Å². The molecule has 0 amide bonds. The molecule has 1 aliphatic carbocycles. The number of allylic oxidation sites excluding steroid dienone is 1. The van der Waals surface area contributed by atoms with Crippen LogP contribution in [0.25, 0.3) is 0 Å². The van der Waals surface area contributed by atoms with Crippen LogP contribution >= 0.6 is 0 Å². The van der Waals surface area contributed by atoms with Crippen LogP contribution in [0.15, 0.2) is 22.9 Å². The number of unbranched alkanes of at least 4 members (excludes halogenated alkanes) is 5. The number of Topliss-reactive ketones (excluding diaryl/α,β-unsaturated/α-hetero) is 2. The van der Waals surface area contributed by atoms with Crippen molar-refractivity contribution < 1.29 is 23.8 Å². The molecule has 1 rings (SSSR count). The number of ether oxygens (including phenoxy) is 3. The van der Waals surface area contributed by atoms with Crippen molar-refractivity contribution in [2.45, 2.75) is 52.4 Å². The van der Waals surface area contributed by atoms with Gasteiger partial charge >= 0.3 is 0 Å². The highest BCUT2D eigenvalue weighted by Crippen LogP contribution is 2.26. The number of rotatable bonds is 10. The summed E-state index contributed by atoms with van der Waals surface area (Å²) in [7, 11) is 2.68. The maximum atomic E-state index is 12.3. The van der Waals surface area contributed by atoms with Crippen LogP contribution in [0.5, 0.6) is 0 Å². The number of carbonyl (C=O) groups is 2. The van der Waals surface area contributed by atoms with Gasteiger partial charge in [-0.2, -0.15) is 0 Å². The first-order valence-electron chi connectivity index (χ1n) is 7.83. The minimum atomic E-state index is -0.428. The lowest BCUT2D eigenvalue weighted by Crippen LogP contribution is -2.26. The maximum Gasteiger partial charge on any atom is 0.266 e. The summed E-state index contributed by atoms with van der Waals surface area (Å²) in [5, 5.41) is 0. The highest BCUT2D eigenvalue weighted by Gasteiger charge is 2.36. The third-order valence-electron chi connectivity index (χ3n) is 3.66. The van der Waals surface area contributed by atoms with E-state index in [9.17, 15) is 9.59 Å². The van der Waals surface area contributed by atoms with E-state index in [2.05, 4.69) is 6.92 Å². The van der Waals surface area contributed by atoms with Gasteiger partial charge < -0.3 is 14.2 Å². The highest BCUT2D eigenvalue weighted by atomic mass is 16.5. The molecule has 1 aliphatic rings. The summed E-state index contributed by atoms with van der Waals surface area (Å²) in [5.41, 5.74) is 0.272. The van der Waals surface area contributed by atoms with Gasteiger partial charge in [-0.3, -0.25) is 9.59 Å². The van der Waals surface area contributed by atoms with Gasteiger partial charge in [-0.1, -0.05) is 39.0 Å². The van der Waals surface area contributed by atoms with Crippen molar-refractivity contribution >= 4 is 11.6 Å². The Kier molecular flexibility index (Phi) is 7.71. The van der Waals surface area contributed by atoms with Crippen LogP contribution in [0, 0.1) is 0 Å². The summed E-state index contributed by atoms with van der Waals surface area (Å²) < 4.78 is 15.5. The lowest BCUT2D eigenvalue weighted by molar-refractivity contribution is -0.123. The number of carbonyl (C=O) groups excluding carboxylic acids is 2. The largest absolute Gasteiger partial charge is 0.489 e. The quantitative estimate of drug-likeness (QED) is 0.457. The van der Waals surface area contributed by atoms with Gasteiger partial charge in [-0.25, -0.2) is 0 Å². The number of methoxy groups -OCH3 is 2. The van der Waals surface area contributed by atoms with Crippen molar-refractivity contribution in [2.24, 2.45) is 0 Å². The Balaban J connectivity index is 2.58. The molecule has 0 aromatic heterocycles. The van der Waals surface area contributed by atoms with Crippen molar-refractivity contribution in [1.82, 2.24) is 0 Å². The third-order valence-corrected chi connectivity index (χ3v) is 3.66. The third kappa shape index (κ3) is 4.36. The van der Waals surface area contributed by atoms with Gasteiger partial charge in [0.2, 0.25) is 17.3 Å². The Hall–Kier alpha value is -1.78. The predicted molar refractivity (Wildman–Crippen MR) is 83.1 cm³/mol. The first-order chi connectivity index (χ1) is 10.6. The predicted octanol–water partition coefficient (Wildman–Crippen LogP) is 3.29. The van der Waals surface area contributed by atoms with Crippen molar-refractivity contribution in [3.05, 3.63) is 22.9 Å². The molecule has 22 heavy (non-hydrogen) atoms. The van der Waals surface area contributed by atoms with Crippen LogP contribution in [-0.2, 0) is 23.8 Å². The van der Waals surface area contributed by atoms with Crippen molar-refractivity contribution in [2.75, 3.05) is 20.8 Å². The van der Waals surface area contributed by atoms with Gasteiger partial charge in [0, 0.05) is 5.57 Å². The van der Waals surface area contributed by atoms with Gasteiger partial charge in [0.1, 0.15) is 0 Å². The summed E-state index contributed by atoms with van der Waals surface area (Å²) in [6.07, 6.45) is 6.78. The molecule has 0 heterocycles. The number of ketones is 2. The molecular weight excluding hydrogens is 284 g/mol. The van der Waals surface area contributed by atoms with Crippen molar-refractivity contribution in [3.63, 3.8) is 0 Å². The summed E-state index contributed by atoms with van der Waals surface area (Å²) in [5.74, 6) is -0.858. The molecule has 5 heteroatoms. The molecular formula is C17H26O5. The Morgan fingerprint density at radius 3 is 1.91 bits per heavy atom. The lowest BCUT2D eigenvalue weighted by atomic mass is 9.99. The van der Waals surface area contributed by atoms with Crippen molar-refractivity contribution in [1.29, 1.82) is 0 Å². The molecule has 0 saturated carbocycles. The Morgan fingerprint density at radius 2 is 1.32 bits per heavy atom. The number of hydrogen-bond acceptors (Lipinski definition) is 5. The topological polar surface area (TPSA) is 61.8 Å². The molecule has 0 radical (unpaired) electrons. The first-order valence-corrected chi connectivity index (χ1v) is 7.83. The average Bonchev–Trinajstić information content (AvgIpc) is 2.52. The molecule has 0 aromatic carbocycles. The van der Waals surface area contributed by atoms with Gasteiger partial charge in [0.25, 0.3) is 5.78 Å². The van der Waals surface area contributed by atoms with E-state index in [1.54, 1.807) is 6.92 Å². The Labute approximate surface area is 132 Å². The van der Waals surface area contributed by atoms with E-state index < -0.39 is 5.78 Å². The smallest absolute Gasteiger partial charge is 0.266 e. The molecule has 0 bridgehead atoms. The molecule has 0 saturated heterocycles. The molecule has 0 unspecified atom stereocenters. The van der Waals surface area contributed by atoms with Crippen LogP contribution in [-0.4, -0.2) is 32.4 Å². The second-order valence-electron chi connectivity index (χ2n) is 5.30. The zero-order chi connectivity index (χ0) is 16.5. The standard InChI is InChI=1S/C17H26O5/c1-5-6-7-8-9-10-11-22-15-12(2)13(18)16(20-3)17(21-4)14(15)19/h5-11H2,1-4H3. The fraction of sp³-hybridized carbons (Fsp3) is 0.647. The van der Waals surface area contributed by atoms with Gasteiger partial charge in [0.05, 0.1) is 20.8 Å². The highest BCUT2D eigenvalue weighted by molar-refractivity contribution is 6.22. The zero-order valence-corrected chi connectivity index (χ0v) is 14.0. The van der Waals surface area contributed by atoms with Crippen LogP contribution in [0.3, 0.4) is 0 Å². The zero-order valence-electron chi connectivity index (χ0n) is 14.0. The fourth-order valence-corrected chi connectivity index (χ4v) is 2.35. The minimum absolute atomic E-state index is 0.0584. The molecule has 5 nitrogen and oxygen atoms in total. The summed E-state index contributed by atoms with van der Waals surface area (Å²) in [6.45, 7) is 4.18. The Morgan fingerprint density at radius 1 is 0.773 bits per heavy atom.